The summed E-state index contributed by atoms with van der Waals surface area (Å²) in [7, 11) is 0. The third-order valence-corrected chi connectivity index (χ3v) is 3.38. The molecule has 0 radical (unpaired) electrons. The Kier molecular flexibility index (Phi) is 4.51. The molecular formula is C14H21FN2. The van der Waals surface area contributed by atoms with Crippen LogP contribution in [0.5, 0.6) is 0 Å². The van der Waals surface area contributed by atoms with Crippen molar-refractivity contribution in [3.63, 3.8) is 0 Å². The summed E-state index contributed by atoms with van der Waals surface area (Å²) in [6.07, 6.45) is 2.54. The first-order chi connectivity index (χ1) is 8.28. The third-order valence-electron chi connectivity index (χ3n) is 3.38. The molecule has 2 nitrogen and oxygen atoms in total. The van der Waals surface area contributed by atoms with E-state index in [4.69, 9.17) is 0 Å². The van der Waals surface area contributed by atoms with Crippen LogP contribution in [0.15, 0.2) is 24.3 Å². The second kappa shape index (κ2) is 6.12. The number of hydrogen-bond acceptors (Lipinski definition) is 2. The van der Waals surface area contributed by atoms with E-state index in [2.05, 4.69) is 17.1 Å². The smallest absolute Gasteiger partial charge is 0.123 e. The highest BCUT2D eigenvalue weighted by atomic mass is 19.1. The highest BCUT2D eigenvalue weighted by molar-refractivity contribution is 5.16. The summed E-state index contributed by atoms with van der Waals surface area (Å²) in [6.45, 7) is 6.21. The highest BCUT2D eigenvalue weighted by Crippen LogP contribution is 2.11. The van der Waals surface area contributed by atoms with Crippen LogP contribution in [-0.2, 0) is 6.54 Å². The minimum absolute atomic E-state index is 0.141. The lowest BCUT2D eigenvalue weighted by molar-refractivity contribution is 0.253. The molecule has 1 aromatic carbocycles. The number of nitrogens with zero attached hydrogens (tertiary/aromatic N) is 1. The van der Waals surface area contributed by atoms with Gasteiger partial charge in [-0.05, 0) is 43.6 Å². The Balaban J connectivity index is 1.90. The molecule has 1 heterocycles. The molecule has 1 N–H and O–H groups in total. The minimum atomic E-state index is -0.141. The highest BCUT2D eigenvalue weighted by Gasteiger charge is 2.17. The van der Waals surface area contributed by atoms with Gasteiger partial charge in [0.25, 0.3) is 0 Å². The maximum Gasteiger partial charge on any atom is 0.123 e. The van der Waals surface area contributed by atoms with Gasteiger partial charge in [0.05, 0.1) is 0 Å². The van der Waals surface area contributed by atoms with Crippen LogP contribution < -0.4 is 5.32 Å². The van der Waals surface area contributed by atoms with E-state index < -0.39 is 0 Å². The molecule has 1 atom stereocenters. The van der Waals surface area contributed by atoms with Gasteiger partial charge in [-0.25, -0.2) is 4.39 Å². The standard InChI is InChI=1S/C14H21FN2/c1-2-17(11-14-7-4-8-16-14)10-12-5-3-6-13(15)9-12/h3,5-6,9,14,16H,2,4,7-8,10-11H2,1H3. The third kappa shape index (κ3) is 3.79. The van der Waals surface area contributed by atoms with Gasteiger partial charge in [-0.3, -0.25) is 4.90 Å². The zero-order valence-electron chi connectivity index (χ0n) is 10.5. The van der Waals surface area contributed by atoms with Crippen LogP contribution >= 0.6 is 0 Å². The summed E-state index contributed by atoms with van der Waals surface area (Å²) < 4.78 is 13.1. The Hall–Kier alpha value is -0.930. The van der Waals surface area contributed by atoms with Gasteiger partial charge in [0.1, 0.15) is 5.82 Å². The minimum Gasteiger partial charge on any atom is -0.313 e. The topological polar surface area (TPSA) is 15.3 Å². The van der Waals surface area contributed by atoms with E-state index in [0.29, 0.717) is 6.04 Å². The monoisotopic (exact) mass is 236 g/mol. The maximum atomic E-state index is 13.1. The predicted octanol–water partition coefficient (Wildman–Crippen LogP) is 2.40. The molecule has 0 saturated carbocycles. The first-order valence-electron chi connectivity index (χ1n) is 6.48. The van der Waals surface area contributed by atoms with Crippen LogP contribution in [0.25, 0.3) is 0 Å². The van der Waals surface area contributed by atoms with Crippen LogP contribution in [-0.4, -0.2) is 30.6 Å². The second-order valence-corrected chi connectivity index (χ2v) is 4.75. The molecule has 94 valence electrons. The molecule has 0 aliphatic carbocycles. The number of likely N-dealkylation sites (N-methyl/N-ethyl adjacent to an activating group) is 1. The molecule has 17 heavy (non-hydrogen) atoms. The zero-order chi connectivity index (χ0) is 12.1. The Morgan fingerprint density at radius 1 is 1.47 bits per heavy atom. The largest absolute Gasteiger partial charge is 0.313 e. The molecule has 1 fully saturated rings. The van der Waals surface area contributed by atoms with E-state index in [1.807, 2.05) is 6.07 Å². The van der Waals surface area contributed by atoms with Crippen molar-refractivity contribution in [2.75, 3.05) is 19.6 Å². The van der Waals surface area contributed by atoms with Crippen LogP contribution in [0.2, 0.25) is 0 Å². The van der Waals surface area contributed by atoms with E-state index in [-0.39, 0.29) is 5.82 Å². The normalized spacial score (nSPS) is 20.1. The molecule has 1 aliphatic rings. The zero-order valence-corrected chi connectivity index (χ0v) is 10.5. The van der Waals surface area contributed by atoms with Crippen LogP contribution in [0.3, 0.4) is 0 Å². The van der Waals surface area contributed by atoms with Gasteiger partial charge in [0.15, 0.2) is 0 Å². The molecule has 2 rings (SSSR count). The SMILES string of the molecule is CCN(Cc1cccc(F)c1)CC1CCCN1. The van der Waals surface area contributed by atoms with Crippen molar-refractivity contribution < 1.29 is 4.39 Å². The Bertz CT molecular complexity index is 348. The molecule has 1 saturated heterocycles. The summed E-state index contributed by atoms with van der Waals surface area (Å²) in [5.41, 5.74) is 1.06. The number of halogens is 1. The van der Waals surface area contributed by atoms with Crippen molar-refractivity contribution in [3.8, 4) is 0 Å². The number of benzene rings is 1. The van der Waals surface area contributed by atoms with Gasteiger partial charge in [0, 0.05) is 19.1 Å². The lowest BCUT2D eigenvalue weighted by atomic mass is 10.1. The molecule has 1 aliphatic heterocycles. The van der Waals surface area contributed by atoms with Crippen molar-refractivity contribution in [2.45, 2.75) is 32.4 Å². The van der Waals surface area contributed by atoms with E-state index >= 15 is 0 Å². The first kappa shape index (κ1) is 12.5. The summed E-state index contributed by atoms with van der Waals surface area (Å²) in [4.78, 5) is 2.37. The fourth-order valence-corrected chi connectivity index (χ4v) is 2.42. The maximum absolute atomic E-state index is 13.1. The molecule has 0 bridgehead atoms. The predicted molar refractivity (Wildman–Crippen MR) is 68.4 cm³/mol. The molecular weight excluding hydrogens is 215 g/mol. The molecule has 3 heteroatoms. The van der Waals surface area contributed by atoms with E-state index in [9.17, 15) is 4.39 Å². The summed E-state index contributed by atoms with van der Waals surface area (Å²) >= 11 is 0. The van der Waals surface area contributed by atoms with Crippen molar-refractivity contribution in [3.05, 3.63) is 35.6 Å². The van der Waals surface area contributed by atoms with Crippen LogP contribution in [0, 0.1) is 5.82 Å². The Morgan fingerprint density at radius 3 is 3.00 bits per heavy atom. The average Bonchev–Trinajstić information content (AvgIpc) is 2.81. The molecule has 0 aromatic heterocycles. The fraction of sp³-hybridized carbons (Fsp3) is 0.571. The van der Waals surface area contributed by atoms with Crippen molar-refractivity contribution in [1.82, 2.24) is 10.2 Å². The Morgan fingerprint density at radius 2 is 2.35 bits per heavy atom. The van der Waals surface area contributed by atoms with E-state index in [1.54, 1.807) is 12.1 Å². The summed E-state index contributed by atoms with van der Waals surface area (Å²) in [5, 5.41) is 3.50. The lowest BCUT2D eigenvalue weighted by Gasteiger charge is -2.24. The quantitative estimate of drug-likeness (QED) is 0.844. The first-order valence-corrected chi connectivity index (χ1v) is 6.48. The van der Waals surface area contributed by atoms with Gasteiger partial charge in [-0.1, -0.05) is 19.1 Å². The van der Waals surface area contributed by atoms with Crippen molar-refractivity contribution in [1.29, 1.82) is 0 Å². The summed E-state index contributed by atoms with van der Waals surface area (Å²) in [5.74, 6) is -0.141. The molecule has 1 aromatic rings. The Labute approximate surface area is 103 Å². The molecule has 1 unspecified atom stereocenters. The van der Waals surface area contributed by atoms with E-state index in [1.165, 1.54) is 18.9 Å². The van der Waals surface area contributed by atoms with Gasteiger partial charge in [-0.15, -0.1) is 0 Å². The van der Waals surface area contributed by atoms with Crippen molar-refractivity contribution >= 4 is 0 Å². The van der Waals surface area contributed by atoms with E-state index in [0.717, 1.165) is 31.7 Å². The van der Waals surface area contributed by atoms with Crippen molar-refractivity contribution in [2.24, 2.45) is 0 Å². The van der Waals surface area contributed by atoms with Gasteiger partial charge in [-0.2, -0.15) is 0 Å². The molecule has 0 amide bonds. The van der Waals surface area contributed by atoms with Gasteiger partial charge < -0.3 is 5.32 Å². The molecule has 0 spiro atoms. The van der Waals surface area contributed by atoms with Gasteiger partial charge in [0.2, 0.25) is 0 Å². The average molecular weight is 236 g/mol. The fourth-order valence-electron chi connectivity index (χ4n) is 2.42. The number of hydrogen-bond donors (Lipinski definition) is 1. The van der Waals surface area contributed by atoms with Gasteiger partial charge >= 0.3 is 0 Å². The van der Waals surface area contributed by atoms with Crippen LogP contribution in [0.1, 0.15) is 25.3 Å². The number of nitrogens with one attached hydrogen (secondary N) is 1. The number of rotatable bonds is 5. The van der Waals surface area contributed by atoms with Crippen LogP contribution in [0.4, 0.5) is 4.39 Å². The summed E-state index contributed by atoms with van der Waals surface area (Å²) in [6, 6.07) is 7.52. The lowest BCUT2D eigenvalue weighted by Crippen LogP contribution is -2.37. The second-order valence-electron chi connectivity index (χ2n) is 4.75.